The number of nitrogen functional groups attached to an aromatic ring is 1. The molecule has 17 heavy (non-hydrogen) atoms. The van der Waals surface area contributed by atoms with Crippen LogP contribution in [0.25, 0.3) is 12.2 Å². The molecule has 0 radical (unpaired) electrons. The van der Waals surface area contributed by atoms with E-state index >= 15 is 0 Å². The van der Waals surface area contributed by atoms with Crippen LogP contribution in [0.5, 0.6) is 0 Å². The van der Waals surface area contributed by atoms with Gasteiger partial charge in [-0.2, -0.15) is 0 Å². The molecule has 88 valence electrons. The van der Waals surface area contributed by atoms with Gasteiger partial charge in [0, 0.05) is 0 Å². The lowest BCUT2D eigenvalue weighted by atomic mass is 9.92. The minimum atomic E-state index is 0.663. The summed E-state index contributed by atoms with van der Waals surface area (Å²) in [5.41, 5.74) is 8.71. The fraction of sp³-hybridized carbons (Fsp3) is 0.357. The zero-order chi connectivity index (χ0) is 11.7. The highest BCUT2D eigenvalue weighted by atomic mass is 32.1. The Bertz CT molecular complexity index is 605. The van der Waals surface area contributed by atoms with Crippen molar-refractivity contribution in [1.82, 2.24) is 4.98 Å². The summed E-state index contributed by atoms with van der Waals surface area (Å²) in [4.78, 5) is 4.34. The Hall–Kier alpha value is -1.35. The van der Waals surface area contributed by atoms with Gasteiger partial charge in [-0.3, -0.25) is 0 Å². The third kappa shape index (κ3) is 2.20. The van der Waals surface area contributed by atoms with Crippen LogP contribution in [0.1, 0.15) is 32.1 Å². The number of nitrogens with two attached hydrogens (primary N) is 1. The van der Waals surface area contributed by atoms with E-state index in [1.165, 1.54) is 41.4 Å². The highest BCUT2D eigenvalue weighted by Gasteiger charge is 2.09. The van der Waals surface area contributed by atoms with Gasteiger partial charge < -0.3 is 5.73 Å². The number of anilines is 1. The van der Waals surface area contributed by atoms with Gasteiger partial charge in [0.15, 0.2) is 5.13 Å². The summed E-state index contributed by atoms with van der Waals surface area (Å²) in [5, 5.41) is 1.69. The number of thiazole rings is 1. The SMILES string of the molecule is Nc1nc2c(s1)=CCC(C1=CCCCC1)=CC=2. The van der Waals surface area contributed by atoms with Gasteiger partial charge in [0.25, 0.3) is 0 Å². The summed E-state index contributed by atoms with van der Waals surface area (Å²) >= 11 is 1.58. The second-order valence-electron chi connectivity index (χ2n) is 4.54. The van der Waals surface area contributed by atoms with Crippen LogP contribution in [-0.2, 0) is 0 Å². The fourth-order valence-corrected chi connectivity index (χ4v) is 3.20. The molecule has 2 nitrogen and oxygen atoms in total. The lowest BCUT2D eigenvalue weighted by molar-refractivity contribution is 0.704. The van der Waals surface area contributed by atoms with Gasteiger partial charge in [-0.05, 0) is 49.3 Å². The normalized spacial score (nSPS) is 19.3. The summed E-state index contributed by atoms with van der Waals surface area (Å²) in [6, 6.07) is 0. The van der Waals surface area contributed by atoms with Crippen molar-refractivity contribution < 1.29 is 0 Å². The van der Waals surface area contributed by atoms with E-state index in [4.69, 9.17) is 5.73 Å². The van der Waals surface area contributed by atoms with E-state index in [0.717, 1.165) is 11.8 Å². The first-order valence-electron chi connectivity index (χ1n) is 6.16. The Morgan fingerprint density at radius 1 is 1.12 bits per heavy atom. The van der Waals surface area contributed by atoms with Crippen molar-refractivity contribution in [3.8, 4) is 0 Å². The maximum absolute atomic E-state index is 5.72. The van der Waals surface area contributed by atoms with Crippen molar-refractivity contribution in [2.24, 2.45) is 0 Å². The molecule has 1 aromatic rings. The molecule has 0 amide bonds. The first kappa shape index (κ1) is 10.8. The van der Waals surface area contributed by atoms with Gasteiger partial charge in [-0.25, -0.2) is 4.98 Å². The van der Waals surface area contributed by atoms with Gasteiger partial charge in [0.1, 0.15) is 0 Å². The second kappa shape index (κ2) is 4.49. The van der Waals surface area contributed by atoms with Crippen molar-refractivity contribution in [3.05, 3.63) is 33.2 Å². The van der Waals surface area contributed by atoms with Crippen molar-refractivity contribution in [3.63, 3.8) is 0 Å². The highest BCUT2D eigenvalue weighted by molar-refractivity contribution is 7.13. The molecule has 0 atom stereocenters. The zero-order valence-electron chi connectivity index (χ0n) is 9.78. The molecule has 3 rings (SSSR count). The van der Waals surface area contributed by atoms with E-state index < -0.39 is 0 Å². The maximum atomic E-state index is 5.72. The van der Waals surface area contributed by atoms with E-state index in [0.29, 0.717) is 5.13 Å². The van der Waals surface area contributed by atoms with Crippen LogP contribution in [0.15, 0.2) is 23.3 Å². The maximum Gasteiger partial charge on any atom is 0.181 e. The van der Waals surface area contributed by atoms with Gasteiger partial charge in [0.2, 0.25) is 0 Å². The minimum absolute atomic E-state index is 0.663. The number of nitrogens with zero attached hydrogens (tertiary/aromatic N) is 1. The molecule has 2 N–H and O–H groups in total. The van der Waals surface area contributed by atoms with Crippen molar-refractivity contribution >= 4 is 28.6 Å². The molecule has 0 aliphatic heterocycles. The second-order valence-corrected chi connectivity index (χ2v) is 5.61. The molecular formula is C14H16N2S. The first-order chi connectivity index (χ1) is 8.33. The number of fused-ring (bicyclic) bond motifs is 1. The molecule has 1 aromatic heterocycles. The van der Waals surface area contributed by atoms with Gasteiger partial charge in [-0.15, -0.1) is 0 Å². The molecule has 1 heterocycles. The minimum Gasteiger partial charge on any atom is -0.375 e. The van der Waals surface area contributed by atoms with Crippen LogP contribution in [0.2, 0.25) is 0 Å². The predicted molar refractivity (Wildman–Crippen MR) is 74.0 cm³/mol. The Labute approximate surface area is 105 Å². The average molecular weight is 244 g/mol. The number of hydrogen-bond donors (Lipinski definition) is 1. The van der Waals surface area contributed by atoms with Crippen LogP contribution in [0, 0.1) is 0 Å². The summed E-state index contributed by atoms with van der Waals surface area (Å²) in [6.45, 7) is 0. The number of hydrogen-bond acceptors (Lipinski definition) is 3. The fourth-order valence-electron chi connectivity index (χ4n) is 2.45. The van der Waals surface area contributed by atoms with E-state index in [1.807, 2.05) is 0 Å². The van der Waals surface area contributed by atoms with Crippen molar-refractivity contribution in [2.45, 2.75) is 32.1 Å². The third-order valence-electron chi connectivity index (χ3n) is 3.35. The summed E-state index contributed by atoms with van der Waals surface area (Å²) in [5.74, 6) is 0. The van der Waals surface area contributed by atoms with Gasteiger partial charge in [0.05, 0.1) is 9.88 Å². The summed E-state index contributed by atoms with van der Waals surface area (Å²) in [7, 11) is 0. The van der Waals surface area contributed by atoms with E-state index in [-0.39, 0.29) is 0 Å². The number of aromatic nitrogens is 1. The standard InChI is InChI=1S/C14H16N2S/c15-14-16-12-8-6-11(7-9-13(12)17-14)10-4-2-1-3-5-10/h4,6,8-9H,1-3,5,7H2,(H2,15,16). The van der Waals surface area contributed by atoms with Gasteiger partial charge >= 0.3 is 0 Å². The van der Waals surface area contributed by atoms with Crippen LogP contribution >= 0.6 is 11.3 Å². The highest BCUT2D eigenvalue weighted by Crippen LogP contribution is 2.26. The Balaban J connectivity index is 1.98. The molecule has 0 fully saturated rings. The molecule has 0 spiro atoms. The quantitative estimate of drug-likeness (QED) is 0.822. The predicted octanol–water partition coefficient (Wildman–Crippen LogP) is 2.12. The summed E-state index contributed by atoms with van der Waals surface area (Å²) < 4.78 is 1.21. The number of allylic oxidation sites excluding steroid dienone is 4. The molecule has 2 aliphatic carbocycles. The van der Waals surface area contributed by atoms with Crippen molar-refractivity contribution in [1.29, 1.82) is 0 Å². The van der Waals surface area contributed by atoms with E-state index in [1.54, 1.807) is 11.3 Å². The Morgan fingerprint density at radius 3 is 2.88 bits per heavy atom. The molecular weight excluding hydrogens is 228 g/mol. The van der Waals surface area contributed by atoms with Crippen LogP contribution in [0.3, 0.4) is 0 Å². The van der Waals surface area contributed by atoms with Crippen LogP contribution < -0.4 is 15.6 Å². The smallest absolute Gasteiger partial charge is 0.181 e. The first-order valence-corrected chi connectivity index (χ1v) is 6.97. The van der Waals surface area contributed by atoms with E-state index in [9.17, 15) is 0 Å². The molecule has 3 heteroatoms. The Kier molecular flexibility index (Phi) is 2.85. The third-order valence-corrected chi connectivity index (χ3v) is 4.25. The van der Waals surface area contributed by atoms with Gasteiger partial charge in [-0.1, -0.05) is 29.6 Å². The largest absolute Gasteiger partial charge is 0.375 e. The average Bonchev–Trinajstić information content (AvgIpc) is 2.60. The monoisotopic (exact) mass is 244 g/mol. The lowest BCUT2D eigenvalue weighted by Gasteiger charge is -2.14. The molecule has 0 saturated carbocycles. The summed E-state index contributed by atoms with van der Waals surface area (Å²) in [6.07, 6.45) is 15.1. The van der Waals surface area contributed by atoms with Crippen molar-refractivity contribution in [2.75, 3.05) is 5.73 Å². The topological polar surface area (TPSA) is 38.9 Å². The molecule has 0 saturated heterocycles. The molecule has 0 bridgehead atoms. The van der Waals surface area contributed by atoms with E-state index in [2.05, 4.69) is 29.3 Å². The molecule has 2 aliphatic rings. The Morgan fingerprint density at radius 2 is 2.06 bits per heavy atom. The lowest BCUT2D eigenvalue weighted by Crippen LogP contribution is -2.19. The van der Waals surface area contributed by atoms with Crippen LogP contribution in [0.4, 0.5) is 5.13 Å². The molecule has 0 unspecified atom stereocenters. The van der Waals surface area contributed by atoms with Crippen LogP contribution in [-0.4, -0.2) is 4.98 Å². The number of rotatable bonds is 1. The molecule has 0 aromatic carbocycles. The zero-order valence-corrected chi connectivity index (χ0v) is 10.6.